The highest BCUT2D eigenvalue weighted by atomic mass is 16.5. The summed E-state index contributed by atoms with van der Waals surface area (Å²) in [6, 6.07) is 7.89. The first-order chi connectivity index (χ1) is 12.6. The van der Waals surface area contributed by atoms with Crippen molar-refractivity contribution < 1.29 is 9.53 Å². The van der Waals surface area contributed by atoms with E-state index in [2.05, 4.69) is 6.92 Å². The molecule has 1 aliphatic heterocycles. The van der Waals surface area contributed by atoms with E-state index in [9.17, 15) is 4.79 Å². The fourth-order valence-corrected chi connectivity index (χ4v) is 3.74. The van der Waals surface area contributed by atoms with Crippen molar-refractivity contribution >= 4 is 5.91 Å². The van der Waals surface area contributed by atoms with Gasteiger partial charge in [-0.05, 0) is 50.8 Å². The molecule has 0 N–H and O–H groups in total. The van der Waals surface area contributed by atoms with E-state index in [0.29, 0.717) is 6.42 Å². The number of aromatic nitrogens is 2. The lowest BCUT2D eigenvalue weighted by Gasteiger charge is -2.20. The first-order valence-corrected chi connectivity index (χ1v) is 9.57. The van der Waals surface area contributed by atoms with Crippen molar-refractivity contribution in [3.8, 4) is 11.4 Å². The number of likely N-dealkylation sites (tertiary alicyclic amines) is 1. The third-order valence-electron chi connectivity index (χ3n) is 5.29. The lowest BCUT2D eigenvalue weighted by atomic mass is 10.1. The summed E-state index contributed by atoms with van der Waals surface area (Å²) in [4.78, 5) is 14.6. The molecule has 1 saturated heterocycles. The number of hydrogen-bond acceptors (Lipinski definition) is 3. The summed E-state index contributed by atoms with van der Waals surface area (Å²) in [7, 11) is 1.67. The first kappa shape index (κ1) is 18.5. The van der Waals surface area contributed by atoms with Crippen LogP contribution in [0.4, 0.5) is 0 Å². The molecule has 5 heteroatoms. The van der Waals surface area contributed by atoms with Crippen molar-refractivity contribution in [3.05, 3.63) is 41.2 Å². The average molecular weight is 355 g/mol. The third-order valence-corrected chi connectivity index (χ3v) is 5.29. The van der Waals surface area contributed by atoms with Gasteiger partial charge < -0.3 is 9.64 Å². The van der Waals surface area contributed by atoms with E-state index in [4.69, 9.17) is 9.84 Å². The summed E-state index contributed by atoms with van der Waals surface area (Å²) in [5, 5.41) is 4.70. The van der Waals surface area contributed by atoms with Gasteiger partial charge in [-0.15, -0.1) is 0 Å². The van der Waals surface area contributed by atoms with Crippen molar-refractivity contribution in [1.82, 2.24) is 14.7 Å². The van der Waals surface area contributed by atoms with E-state index in [1.165, 1.54) is 18.4 Å². The van der Waals surface area contributed by atoms with E-state index >= 15 is 0 Å². The maximum atomic E-state index is 12.6. The number of carbonyl (C=O) groups is 1. The van der Waals surface area contributed by atoms with Crippen LogP contribution in [-0.2, 0) is 11.2 Å². The molecule has 5 nitrogen and oxygen atoms in total. The summed E-state index contributed by atoms with van der Waals surface area (Å²) < 4.78 is 7.27. The summed E-state index contributed by atoms with van der Waals surface area (Å²) in [5.41, 5.74) is 4.25. The maximum absolute atomic E-state index is 12.6. The summed E-state index contributed by atoms with van der Waals surface area (Å²) in [6.07, 6.45) is 6.07. The fraction of sp³-hybridized carbons (Fsp3) is 0.524. The Hall–Kier alpha value is -2.30. The van der Waals surface area contributed by atoms with Crippen molar-refractivity contribution in [3.63, 3.8) is 0 Å². The number of ether oxygens (including phenoxy) is 1. The van der Waals surface area contributed by atoms with E-state index in [1.807, 2.05) is 40.8 Å². The molecular formula is C21H29N3O2. The Kier molecular flexibility index (Phi) is 5.96. The van der Waals surface area contributed by atoms with E-state index in [1.54, 1.807) is 7.11 Å². The number of rotatable bonds is 5. The average Bonchev–Trinajstić information content (AvgIpc) is 2.85. The fourth-order valence-electron chi connectivity index (χ4n) is 3.74. The second kappa shape index (κ2) is 8.39. The van der Waals surface area contributed by atoms with Gasteiger partial charge in [0.25, 0.3) is 0 Å². The molecule has 26 heavy (non-hydrogen) atoms. The van der Waals surface area contributed by atoms with Crippen LogP contribution in [0.25, 0.3) is 5.69 Å². The molecule has 1 aromatic heterocycles. The molecule has 3 rings (SSSR count). The standard InChI is InChI=1S/C21H29N3O2/c1-16-20(11-12-21(25)23-13-6-4-5-7-14-23)17(2)24(22-16)18-9-8-10-19(15-18)26-3/h8-10,15H,4-7,11-14H2,1-3H3. The zero-order chi connectivity index (χ0) is 18.5. The minimum absolute atomic E-state index is 0.278. The minimum atomic E-state index is 0.278. The van der Waals surface area contributed by atoms with Crippen molar-refractivity contribution in [2.75, 3.05) is 20.2 Å². The van der Waals surface area contributed by atoms with Crippen LogP contribution in [0.1, 0.15) is 49.1 Å². The molecule has 0 unspecified atom stereocenters. The minimum Gasteiger partial charge on any atom is -0.497 e. The molecule has 0 radical (unpaired) electrons. The summed E-state index contributed by atoms with van der Waals surface area (Å²) in [5.74, 6) is 1.09. The number of carbonyl (C=O) groups excluding carboxylic acids is 1. The van der Waals surface area contributed by atoms with Crippen LogP contribution in [0, 0.1) is 13.8 Å². The van der Waals surface area contributed by atoms with E-state index < -0.39 is 0 Å². The predicted molar refractivity (Wildman–Crippen MR) is 103 cm³/mol. The normalized spacial score (nSPS) is 15.0. The second-order valence-electron chi connectivity index (χ2n) is 7.06. The molecule has 0 aliphatic carbocycles. The smallest absolute Gasteiger partial charge is 0.222 e. The van der Waals surface area contributed by atoms with Crippen LogP contribution in [0.3, 0.4) is 0 Å². The van der Waals surface area contributed by atoms with Gasteiger partial charge in [0.2, 0.25) is 5.91 Å². The van der Waals surface area contributed by atoms with E-state index in [0.717, 1.165) is 55.2 Å². The SMILES string of the molecule is COc1cccc(-n2nc(C)c(CCC(=O)N3CCCCCC3)c2C)c1. The number of amides is 1. The molecule has 0 saturated carbocycles. The van der Waals surface area contributed by atoms with Crippen LogP contribution < -0.4 is 4.74 Å². The lowest BCUT2D eigenvalue weighted by Crippen LogP contribution is -2.32. The highest BCUT2D eigenvalue weighted by Crippen LogP contribution is 2.22. The van der Waals surface area contributed by atoms with E-state index in [-0.39, 0.29) is 5.91 Å². The largest absolute Gasteiger partial charge is 0.497 e. The molecule has 0 bridgehead atoms. The number of hydrogen-bond donors (Lipinski definition) is 0. The molecule has 1 amide bonds. The molecular weight excluding hydrogens is 326 g/mol. The van der Waals surface area contributed by atoms with Crippen LogP contribution in [0.5, 0.6) is 5.75 Å². The second-order valence-corrected chi connectivity index (χ2v) is 7.06. The first-order valence-electron chi connectivity index (χ1n) is 9.57. The zero-order valence-electron chi connectivity index (χ0n) is 16.1. The lowest BCUT2D eigenvalue weighted by molar-refractivity contribution is -0.131. The Bertz CT molecular complexity index is 759. The Morgan fingerprint density at radius 2 is 1.88 bits per heavy atom. The summed E-state index contributed by atoms with van der Waals surface area (Å²) >= 11 is 0. The predicted octanol–water partition coefficient (Wildman–Crippen LogP) is 3.83. The molecule has 140 valence electrons. The number of nitrogens with zero attached hydrogens (tertiary/aromatic N) is 3. The summed E-state index contributed by atoms with van der Waals surface area (Å²) in [6.45, 7) is 5.93. The van der Waals surface area contributed by atoms with Gasteiger partial charge in [-0.25, -0.2) is 4.68 Å². The molecule has 0 atom stereocenters. The van der Waals surface area contributed by atoms with Gasteiger partial charge in [0.15, 0.2) is 0 Å². The van der Waals surface area contributed by atoms with Crippen LogP contribution in [0.15, 0.2) is 24.3 Å². The van der Waals surface area contributed by atoms with Gasteiger partial charge >= 0.3 is 0 Å². The molecule has 1 aliphatic rings. The molecule has 1 aromatic carbocycles. The van der Waals surface area contributed by atoms with Gasteiger partial charge in [-0.3, -0.25) is 4.79 Å². The monoisotopic (exact) mass is 355 g/mol. The van der Waals surface area contributed by atoms with Gasteiger partial charge in [0.05, 0.1) is 18.5 Å². The van der Waals surface area contributed by atoms with Gasteiger partial charge in [0, 0.05) is 31.3 Å². The van der Waals surface area contributed by atoms with Gasteiger partial charge in [-0.2, -0.15) is 5.10 Å². The Labute approximate surface area is 156 Å². The quantitative estimate of drug-likeness (QED) is 0.819. The highest BCUT2D eigenvalue weighted by molar-refractivity contribution is 5.76. The highest BCUT2D eigenvalue weighted by Gasteiger charge is 2.18. The van der Waals surface area contributed by atoms with Crippen LogP contribution in [-0.4, -0.2) is 40.8 Å². The Morgan fingerprint density at radius 1 is 1.15 bits per heavy atom. The van der Waals surface area contributed by atoms with Crippen LogP contribution in [0.2, 0.25) is 0 Å². The van der Waals surface area contributed by atoms with Gasteiger partial charge in [-0.1, -0.05) is 18.9 Å². The number of methoxy groups -OCH3 is 1. The number of benzene rings is 1. The van der Waals surface area contributed by atoms with Crippen molar-refractivity contribution in [2.45, 2.75) is 52.4 Å². The number of aryl methyl sites for hydroxylation is 1. The third kappa shape index (κ3) is 4.09. The zero-order valence-corrected chi connectivity index (χ0v) is 16.1. The van der Waals surface area contributed by atoms with Gasteiger partial charge in [0.1, 0.15) is 5.75 Å². The van der Waals surface area contributed by atoms with Crippen molar-refractivity contribution in [1.29, 1.82) is 0 Å². The maximum Gasteiger partial charge on any atom is 0.222 e. The molecule has 0 spiro atoms. The molecule has 2 aromatic rings. The van der Waals surface area contributed by atoms with Crippen LogP contribution >= 0.6 is 0 Å². The Balaban J connectivity index is 1.72. The van der Waals surface area contributed by atoms with Crippen molar-refractivity contribution in [2.24, 2.45) is 0 Å². The molecule has 2 heterocycles. The topological polar surface area (TPSA) is 47.4 Å². The Morgan fingerprint density at radius 3 is 2.58 bits per heavy atom. The molecule has 1 fully saturated rings.